The molecule has 0 spiro atoms. The number of amides is 1. The number of benzene rings is 2. The Morgan fingerprint density at radius 1 is 1.11 bits per heavy atom. The van der Waals surface area contributed by atoms with E-state index in [4.69, 9.17) is 16.5 Å². The third kappa shape index (κ3) is 4.06. The summed E-state index contributed by atoms with van der Waals surface area (Å²) in [5, 5.41) is 4.08. The summed E-state index contributed by atoms with van der Waals surface area (Å²) < 4.78 is 1.66. The Bertz CT molecular complexity index is 1530. The fourth-order valence-electron chi connectivity index (χ4n) is 4.97. The number of fused-ring (bicyclic) bond motifs is 1. The van der Waals surface area contributed by atoms with E-state index in [0.29, 0.717) is 41.1 Å². The van der Waals surface area contributed by atoms with Gasteiger partial charge in [0.25, 0.3) is 5.56 Å². The minimum Gasteiger partial charge on any atom is -0.369 e. The Morgan fingerprint density at radius 3 is 2.53 bits per heavy atom. The van der Waals surface area contributed by atoms with Crippen molar-refractivity contribution in [3.8, 4) is 5.69 Å². The Kier molecular flexibility index (Phi) is 5.91. The first-order valence-electron chi connectivity index (χ1n) is 12.1. The lowest BCUT2D eigenvalue weighted by atomic mass is 10.1. The van der Waals surface area contributed by atoms with E-state index < -0.39 is 0 Å². The molecule has 1 amide bonds. The van der Waals surface area contributed by atoms with Crippen LogP contribution in [0.3, 0.4) is 0 Å². The lowest BCUT2D eigenvalue weighted by Crippen LogP contribution is -2.29. The Morgan fingerprint density at radius 2 is 1.86 bits per heavy atom. The van der Waals surface area contributed by atoms with Gasteiger partial charge in [0.15, 0.2) is 0 Å². The van der Waals surface area contributed by atoms with Gasteiger partial charge in [-0.15, -0.1) is 0 Å². The van der Waals surface area contributed by atoms with E-state index in [1.807, 2.05) is 69.3 Å². The third-order valence-corrected chi connectivity index (χ3v) is 6.86. The first-order chi connectivity index (χ1) is 17.3. The molecular weight excluding hydrogens is 454 g/mol. The summed E-state index contributed by atoms with van der Waals surface area (Å²) in [6.07, 6.45) is 1.26. The van der Waals surface area contributed by atoms with Crippen LogP contribution in [0.2, 0.25) is 0 Å². The molecule has 3 atom stereocenters. The van der Waals surface area contributed by atoms with Crippen molar-refractivity contribution >= 4 is 28.6 Å². The molecule has 0 aliphatic heterocycles. The van der Waals surface area contributed by atoms with Gasteiger partial charge in [-0.25, -0.2) is 9.97 Å². The second-order valence-corrected chi connectivity index (χ2v) is 9.30. The molecule has 0 saturated heterocycles. The second kappa shape index (κ2) is 9.07. The molecule has 1 saturated carbocycles. The lowest BCUT2D eigenvalue weighted by Gasteiger charge is -2.24. The number of carbonyl (C=O) groups is 1. The zero-order valence-electron chi connectivity index (χ0n) is 20.5. The number of hydrogen-bond donors (Lipinski definition) is 3. The quantitative estimate of drug-likeness (QED) is 0.365. The number of nitrogens with zero attached hydrogens (tertiary/aromatic N) is 4. The molecule has 2 aromatic carbocycles. The summed E-state index contributed by atoms with van der Waals surface area (Å²) in [6, 6.07) is 14.8. The summed E-state index contributed by atoms with van der Waals surface area (Å²) in [5.74, 6) is 0.590. The van der Waals surface area contributed by atoms with Crippen LogP contribution in [-0.2, 0) is 4.79 Å². The van der Waals surface area contributed by atoms with Crippen LogP contribution in [0.25, 0.3) is 16.6 Å². The van der Waals surface area contributed by atoms with Gasteiger partial charge in [0, 0.05) is 23.1 Å². The maximum atomic E-state index is 13.9. The third-order valence-electron chi connectivity index (χ3n) is 6.86. The number of primary amides is 1. The molecule has 5 N–H and O–H groups in total. The highest BCUT2D eigenvalue weighted by Crippen LogP contribution is 2.50. The highest BCUT2D eigenvalue weighted by molar-refractivity contribution is 5.82. The van der Waals surface area contributed by atoms with E-state index in [9.17, 15) is 9.59 Å². The fourth-order valence-corrected chi connectivity index (χ4v) is 4.97. The zero-order valence-corrected chi connectivity index (χ0v) is 20.5. The van der Waals surface area contributed by atoms with Crippen LogP contribution in [0, 0.1) is 19.8 Å². The van der Waals surface area contributed by atoms with Gasteiger partial charge in [0.1, 0.15) is 11.6 Å². The first-order valence-corrected chi connectivity index (χ1v) is 12.1. The first kappa shape index (κ1) is 23.5. The molecule has 1 aliphatic carbocycles. The van der Waals surface area contributed by atoms with Crippen LogP contribution in [0.5, 0.6) is 0 Å². The Balaban J connectivity index is 1.68. The van der Waals surface area contributed by atoms with Crippen molar-refractivity contribution in [2.75, 3.05) is 11.1 Å². The predicted octanol–water partition coefficient (Wildman–Crippen LogP) is 3.53. The average molecular weight is 484 g/mol. The lowest BCUT2D eigenvalue weighted by molar-refractivity contribution is -0.119. The highest BCUT2D eigenvalue weighted by Gasteiger charge is 2.45. The van der Waals surface area contributed by atoms with Crippen LogP contribution in [-0.4, -0.2) is 25.4 Å². The molecule has 9 nitrogen and oxygen atoms in total. The van der Waals surface area contributed by atoms with Gasteiger partial charge in [-0.3, -0.25) is 14.2 Å². The van der Waals surface area contributed by atoms with Crippen molar-refractivity contribution in [3.05, 3.63) is 81.5 Å². The van der Waals surface area contributed by atoms with Crippen LogP contribution < -0.4 is 22.3 Å². The summed E-state index contributed by atoms with van der Waals surface area (Å²) >= 11 is 0. The van der Waals surface area contributed by atoms with Gasteiger partial charge in [-0.1, -0.05) is 37.3 Å². The molecule has 1 aliphatic rings. The normalized spacial score (nSPS) is 17.6. The molecule has 3 unspecified atom stereocenters. The molecule has 0 bridgehead atoms. The van der Waals surface area contributed by atoms with E-state index >= 15 is 0 Å². The van der Waals surface area contributed by atoms with Gasteiger partial charge < -0.3 is 16.8 Å². The number of aryl methyl sites for hydroxylation is 2. The van der Waals surface area contributed by atoms with E-state index in [1.54, 1.807) is 4.57 Å². The number of nitrogen functional groups attached to an aromatic ring is 1. The SMILES string of the molecule is CCC(Nc1nc(N)nc(C)c1C1CC1C(N)=O)c1nc2cccc(C)c2c(=O)n1-c1ccccc1. The largest absolute Gasteiger partial charge is 0.369 e. The van der Waals surface area contributed by atoms with Gasteiger partial charge in [-0.2, -0.15) is 4.98 Å². The number of rotatable bonds is 7. The van der Waals surface area contributed by atoms with Crippen molar-refractivity contribution in [2.24, 2.45) is 11.7 Å². The van der Waals surface area contributed by atoms with Crippen LogP contribution in [0.1, 0.15) is 54.4 Å². The van der Waals surface area contributed by atoms with Crippen LogP contribution in [0.4, 0.5) is 11.8 Å². The number of aromatic nitrogens is 4. The molecule has 1 fully saturated rings. The summed E-state index contributed by atoms with van der Waals surface area (Å²) in [6.45, 7) is 5.78. The van der Waals surface area contributed by atoms with E-state index in [0.717, 1.165) is 16.8 Å². The number of para-hydroxylation sites is 1. The topological polar surface area (TPSA) is 142 Å². The number of nitrogens with one attached hydrogen (secondary N) is 1. The van der Waals surface area contributed by atoms with Crippen molar-refractivity contribution in [1.29, 1.82) is 0 Å². The standard InChI is InChI=1S/C27H29N7O2/c1-4-19(31-24-22(15(3)30-27(29)33-24)17-13-18(17)23(28)35)25-32-20-12-8-9-14(2)21(20)26(36)34(25)16-10-6-5-7-11-16/h5-12,17-19H,4,13H2,1-3H3,(H2,28,35)(H3,29,30,31,33). The number of carbonyl (C=O) groups excluding carboxylic acids is 1. The second-order valence-electron chi connectivity index (χ2n) is 9.30. The van der Waals surface area contributed by atoms with E-state index in [-0.39, 0.29) is 35.3 Å². The van der Waals surface area contributed by atoms with Gasteiger partial charge >= 0.3 is 0 Å². The van der Waals surface area contributed by atoms with Crippen molar-refractivity contribution in [2.45, 2.75) is 45.6 Å². The van der Waals surface area contributed by atoms with Crippen LogP contribution in [0.15, 0.2) is 53.3 Å². The average Bonchev–Trinajstić information content (AvgIpc) is 3.63. The Hall–Kier alpha value is -4.27. The van der Waals surface area contributed by atoms with Crippen molar-refractivity contribution < 1.29 is 4.79 Å². The van der Waals surface area contributed by atoms with Gasteiger partial charge in [0.2, 0.25) is 11.9 Å². The molecular formula is C27H29N7O2. The highest BCUT2D eigenvalue weighted by atomic mass is 16.1. The fraction of sp³-hybridized carbons (Fsp3) is 0.296. The molecule has 2 heterocycles. The molecule has 4 aromatic rings. The minimum absolute atomic E-state index is 0.0633. The molecule has 9 heteroatoms. The minimum atomic E-state index is -0.374. The Labute approximate surface area is 208 Å². The maximum Gasteiger partial charge on any atom is 0.266 e. The summed E-state index contributed by atoms with van der Waals surface area (Å²) in [7, 11) is 0. The van der Waals surface area contributed by atoms with Crippen molar-refractivity contribution in [3.63, 3.8) is 0 Å². The molecule has 0 radical (unpaired) electrons. The summed E-state index contributed by atoms with van der Waals surface area (Å²) in [5.41, 5.74) is 15.2. The van der Waals surface area contributed by atoms with Crippen LogP contribution >= 0.6 is 0 Å². The predicted molar refractivity (Wildman–Crippen MR) is 140 cm³/mol. The number of anilines is 2. The maximum absolute atomic E-state index is 13.9. The smallest absolute Gasteiger partial charge is 0.266 e. The van der Waals surface area contributed by atoms with Crippen molar-refractivity contribution in [1.82, 2.24) is 19.5 Å². The zero-order chi connectivity index (χ0) is 25.6. The molecule has 5 rings (SSSR count). The van der Waals surface area contributed by atoms with Gasteiger partial charge in [-0.05, 0) is 50.5 Å². The van der Waals surface area contributed by atoms with Gasteiger partial charge in [0.05, 0.1) is 22.6 Å². The van der Waals surface area contributed by atoms with E-state index in [1.165, 1.54) is 0 Å². The number of nitrogens with two attached hydrogens (primary N) is 2. The molecule has 2 aromatic heterocycles. The molecule has 36 heavy (non-hydrogen) atoms. The monoisotopic (exact) mass is 483 g/mol. The van der Waals surface area contributed by atoms with E-state index in [2.05, 4.69) is 15.3 Å². The number of hydrogen-bond acceptors (Lipinski definition) is 7. The summed E-state index contributed by atoms with van der Waals surface area (Å²) in [4.78, 5) is 39.5. The molecule has 184 valence electrons.